The first-order valence-electron chi connectivity index (χ1n) is 14.9. The van der Waals surface area contributed by atoms with Crippen LogP contribution in [-0.4, -0.2) is 56.9 Å². The molecule has 9 nitrogen and oxygen atoms in total. The number of primary amides is 1. The monoisotopic (exact) mass is 580 g/mol. The Morgan fingerprint density at radius 1 is 0.955 bits per heavy atom. The SMILES string of the molecule is Cc1nc(C(N)=O)cc2nc(-c3ccc(CN4CCC5(CC4)CN(c4ccnc(C#N)n4)C5)cc3)c(-c3ccccc3)cc12. The van der Waals surface area contributed by atoms with Crippen LogP contribution >= 0.6 is 0 Å². The van der Waals surface area contributed by atoms with Crippen LogP contribution < -0.4 is 10.6 Å². The van der Waals surface area contributed by atoms with E-state index in [9.17, 15) is 4.79 Å². The molecular weight excluding hydrogens is 548 g/mol. The lowest BCUT2D eigenvalue weighted by Gasteiger charge is -2.54. The van der Waals surface area contributed by atoms with Crippen molar-refractivity contribution in [2.45, 2.75) is 26.3 Å². The number of benzene rings is 2. The van der Waals surface area contributed by atoms with Gasteiger partial charge in [0.25, 0.3) is 5.91 Å². The lowest BCUT2D eigenvalue weighted by atomic mass is 9.72. The van der Waals surface area contributed by atoms with Crippen LogP contribution in [0.15, 0.2) is 79.0 Å². The number of nitriles is 1. The Kier molecular flexibility index (Phi) is 6.99. The molecule has 0 unspecified atom stereocenters. The Morgan fingerprint density at radius 2 is 1.70 bits per heavy atom. The van der Waals surface area contributed by atoms with Crippen molar-refractivity contribution in [3.63, 3.8) is 0 Å². The Hall–Kier alpha value is -5.20. The van der Waals surface area contributed by atoms with Crippen LogP contribution in [-0.2, 0) is 6.54 Å². The minimum atomic E-state index is -0.562. The number of anilines is 1. The van der Waals surface area contributed by atoms with E-state index in [0.717, 1.165) is 84.8 Å². The van der Waals surface area contributed by atoms with E-state index < -0.39 is 5.91 Å². The van der Waals surface area contributed by atoms with Crippen LogP contribution in [0.25, 0.3) is 33.3 Å². The quantitative estimate of drug-likeness (QED) is 0.293. The molecule has 2 aromatic carbocycles. The highest BCUT2D eigenvalue weighted by Gasteiger charge is 2.45. The van der Waals surface area contributed by atoms with Crippen molar-refractivity contribution in [1.29, 1.82) is 5.26 Å². The van der Waals surface area contributed by atoms with Crippen molar-refractivity contribution in [2.75, 3.05) is 31.1 Å². The Balaban J connectivity index is 1.07. The van der Waals surface area contributed by atoms with Crippen LogP contribution in [0, 0.1) is 23.7 Å². The second-order valence-corrected chi connectivity index (χ2v) is 12.0. The smallest absolute Gasteiger partial charge is 0.267 e. The van der Waals surface area contributed by atoms with Crippen LogP contribution in [0.1, 0.15) is 40.4 Å². The summed E-state index contributed by atoms with van der Waals surface area (Å²) in [7, 11) is 0. The molecular formula is C35H32N8O. The van der Waals surface area contributed by atoms with Gasteiger partial charge in [-0.1, -0.05) is 54.6 Å². The Labute approximate surface area is 256 Å². The Morgan fingerprint density at radius 3 is 2.41 bits per heavy atom. The van der Waals surface area contributed by atoms with Gasteiger partial charge in [-0.2, -0.15) is 5.26 Å². The molecule has 218 valence electrons. The van der Waals surface area contributed by atoms with E-state index >= 15 is 0 Å². The average Bonchev–Trinajstić information content (AvgIpc) is 3.04. The maximum absolute atomic E-state index is 11.9. The fourth-order valence-corrected chi connectivity index (χ4v) is 6.55. The van der Waals surface area contributed by atoms with Gasteiger partial charge < -0.3 is 10.6 Å². The second-order valence-electron chi connectivity index (χ2n) is 12.0. The minimum absolute atomic E-state index is 0.219. The molecule has 2 fully saturated rings. The zero-order valence-electron chi connectivity index (χ0n) is 24.6. The number of likely N-dealkylation sites (tertiary alicyclic amines) is 1. The van der Waals surface area contributed by atoms with Gasteiger partial charge in [-0.3, -0.25) is 9.69 Å². The van der Waals surface area contributed by atoms with Gasteiger partial charge in [0.05, 0.1) is 11.2 Å². The number of aryl methyl sites for hydroxylation is 1. The van der Waals surface area contributed by atoms with Gasteiger partial charge >= 0.3 is 0 Å². The first kappa shape index (κ1) is 27.6. The van der Waals surface area contributed by atoms with Gasteiger partial charge in [-0.15, -0.1) is 0 Å². The summed E-state index contributed by atoms with van der Waals surface area (Å²) in [6.45, 7) is 6.87. The highest BCUT2D eigenvalue weighted by atomic mass is 16.1. The largest absolute Gasteiger partial charge is 0.364 e. The third kappa shape index (κ3) is 5.25. The number of piperidine rings is 1. The van der Waals surface area contributed by atoms with Crippen molar-refractivity contribution in [3.05, 3.63) is 102 Å². The minimum Gasteiger partial charge on any atom is -0.364 e. The highest BCUT2D eigenvalue weighted by Crippen LogP contribution is 2.42. The van der Waals surface area contributed by atoms with Gasteiger partial charge in [0.15, 0.2) is 0 Å². The first-order chi connectivity index (χ1) is 21.4. The molecule has 2 saturated heterocycles. The van der Waals surface area contributed by atoms with Crippen LogP contribution in [0.2, 0.25) is 0 Å². The number of rotatable bonds is 6. The van der Waals surface area contributed by atoms with Gasteiger partial charge in [-0.05, 0) is 62.2 Å². The van der Waals surface area contributed by atoms with Gasteiger partial charge in [-0.25, -0.2) is 19.9 Å². The zero-order chi connectivity index (χ0) is 30.3. The molecule has 9 heteroatoms. The topological polar surface area (TPSA) is 125 Å². The predicted molar refractivity (Wildman–Crippen MR) is 170 cm³/mol. The predicted octanol–water partition coefficient (Wildman–Crippen LogP) is 5.14. The second kappa shape index (κ2) is 11.1. The third-order valence-electron chi connectivity index (χ3n) is 9.01. The summed E-state index contributed by atoms with van der Waals surface area (Å²) in [5.41, 5.74) is 12.8. The molecule has 7 rings (SSSR count). The fourth-order valence-electron chi connectivity index (χ4n) is 6.55. The average molecular weight is 581 g/mol. The molecule has 2 N–H and O–H groups in total. The summed E-state index contributed by atoms with van der Waals surface area (Å²) < 4.78 is 0. The number of amides is 1. The third-order valence-corrected chi connectivity index (χ3v) is 9.01. The maximum Gasteiger partial charge on any atom is 0.267 e. The number of nitrogens with zero attached hydrogens (tertiary/aromatic N) is 7. The summed E-state index contributed by atoms with van der Waals surface area (Å²) in [6, 6.07) is 26.6. The van der Waals surface area contributed by atoms with E-state index in [1.807, 2.05) is 37.3 Å². The molecule has 5 aromatic rings. The molecule has 5 heterocycles. The molecule has 0 saturated carbocycles. The summed E-state index contributed by atoms with van der Waals surface area (Å²) in [5.74, 6) is 0.510. The van der Waals surface area contributed by atoms with Crippen molar-refractivity contribution >= 4 is 22.6 Å². The highest BCUT2D eigenvalue weighted by molar-refractivity contribution is 5.98. The molecule has 0 atom stereocenters. The lowest BCUT2D eigenvalue weighted by Crippen LogP contribution is -2.60. The standard InChI is InChI=1S/C35H32N8O/c1-23-27-17-28(25-5-3-2-4-6-25)33(40-29(27)18-30(39-23)34(37)44)26-9-7-24(8-10-26)20-42-15-12-35(13-16-42)21-43(22-35)32-11-14-38-31(19-36)41-32/h2-11,14,17-18H,12-13,15-16,20-22H2,1H3,(H2,37,44). The number of nitrogens with two attached hydrogens (primary N) is 1. The molecule has 3 aromatic heterocycles. The van der Waals surface area contributed by atoms with E-state index in [-0.39, 0.29) is 11.5 Å². The number of aromatic nitrogens is 4. The van der Waals surface area contributed by atoms with E-state index in [0.29, 0.717) is 10.9 Å². The molecule has 0 aliphatic carbocycles. The molecule has 1 amide bonds. The van der Waals surface area contributed by atoms with Crippen molar-refractivity contribution in [1.82, 2.24) is 24.8 Å². The van der Waals surface area contributed by atoms with Crippen LogP contribution in [0.4, 0.5) is 5.82 Å². The Bertz CT molecular complexity index is 1900. The summed E-state index contributed by atoms with van der Waals surface area (Å²) in [5, 5.41) is 10.0. The zero-order valence-corrected chi connectivity index (χ0v) is 24.6. The molecule has 2 aliphatic heterocycles. The number of carbonyl (C=O) groups excluding carboxylic acids is 1. The molecule has 1 spiro atoms. The van der Waals surface area contributed by atoms with Crippen molar-refractivity contribution < 1.29 is 4.79 Å². The number of hydrogen-bond donors (Lipinski definition) is 1. The molecule has 0 radical (unpaired) electrons. The number of fused-ring (bicyclic) bond motifs is 1. The maximum atomic E-state index is 11.9. The van der Waals surface area contributed by atoms with Crippen LogP contribution in [0.5, 0.6) is 0 Å². The van der Waals surface area contributed by atoms with Gasteiger partial charge in [0.1, 0.15) is 17.6 Å². The van der Waals surface area contributed by atoms with E-state index in [2.05, 4.69) is 67.2 Å². The van der Waals surface area contributed by atoms with E-state index in [4.69, 9.17) is 16.0 Å². The first-order valence-corrected chi connectivity index (χ1v) is 14.9. The summed E-state index contributed by atoms with van der Waals surface area (Å²) in [6.07, 6.45) is 3.97. The fraction of sp³-hybridized carbons (Fsp3) is 0.257. The lowest BCUT2D eigenvalue weighted by molar-refractivity contribution is 0.0719. The van der Waals surface area contributed by atoms with E-state index in [1.165, 1.54) is 5.56 Å². The van der Waals surface area contributed by atoms with Gasteiger partial charge in [0.2, 0.25) is 5.82 Å². The normalized spacial score (nSPS) is 16.0. The molecule has 2 aliphatic rings. The van der Waals surface area contributed by atoms with Crippen molar-refractivity contribution in [2.24, 2.45) is 11.1 Å². The summed E-state index contributed by atoms with van der Waals surface area (Å²) >= 11 is 0. The summed E-state index contributed by atoms with van der Waals surface area (Å²) in [4.78, 5) is 34.5. The van der Waals surface area contributed by atoms with E-state index in [1.54, 1.807) is 12.3 Å². The van der Waals surface area contributed by atoms with Crippen molar-refractivity contribution in [3.8, 4) is 28.5 Å². The van der Waals surface area contributed by atoms with Crippen LogP contribution in [0.3, 0.4) is 0 Å². The van der Waals surface area contributed by atoms with Gasteiger partial charge in [0, 0.05) is 53.5 Å². The molecule has 44 heavy (non-hydrogen) atoms. The number of hydrogen-bond acceptors (Lipinski definition) is 8. The number of carbonyl (C=O) groups is 1. The number of pyridine rings is 2. The molecule has 0 bridgehead atoms.